The fourth-order valence-corrected chi connectivity index (χ4v) is 2.15. The molecule has 1 N–H and O–H groups in total. The van der Waals surface area contributed by atoms with Crippen LogP contribution < -0.4 is 0 Å². The van der Waals surface area contributed by atoms with Crippen molar-refractivity contribution in [3.63, 3.8) is 0 Å². The van der Waals surface area contributed by atoms with E-state index in [1.807, 2.05) is 0 Å². The highest BCUT2D eigenvalue weighted by molar-refractivity contribution is 4.97. The standard InChI is InChI=1S/C12H22O2/c1-10(2)12(14-13)9-8-11-6-4-3-5-7-11/h11-13H,1,3-9H2,2H3/i2D3. The molecule has 0 amide bonds. The Morgan fingerprint density at radius 3 is 2.86 bits per heavy atom. The SMILES string of the molecule is [2H]C([2H])([2H])C(=C)C(CCC1CCCCC1)OO. The first-order valence-electron chi connectivity index (χ1n) is 6.94. The van der Waals surface area contributed by atoms with Crippen molar-refractivity contribution in [1.82, 2.24) is 0 Å². The zero-order valence-corrected chi connectivity index (χ0v) is 8.67. The van der Waals surface area contributed by atoms with Crippen molar-refractivity contribution in [2.75, 3.05) is 0 Å². The smallest absolute Gasteiger partial charge is 0.113 e. The molecule has 1 saturated carbocycles. The molecule has 0 aromatic rings. The maximum atomic E-state index is 8.78. The minimum atomic E-state index is -2.25. The summed E-state index contributed by atoms with van der Waals surface area (Å²) < 4.78 is 21.7. The Balaban J connectivity index is 2.38. The van der Waals surface area contributed by atoms with Gasteiger partial charge in [-0.2, -0.15) is 0 Å². The second-order valence-corrected chi connectivity index (χ2v) is 4.20. The normalized spacial score (nSPS) is 24.8. The molecule has 14 heavy (non-hydrogen) atoms. The van der Waals surface area contributed by atoms with E-state index in [1.54, 1.807) is 0 Å². The Morgan fingerprint density at radius 2 is 2.29 bits per heavy atom. The molecule has 0 bridgehead atoms. The molecule has 0 saturated heterocycles. The van der Waals surface area contributed by atoms with Crippen LogP contribution in [0, 0.1) is 5.92 Å². The monoisotopic (exact) mass is 201 g/mol. The van der Waals surface area contributed by atoms with Crippen LogP contribution in [0.2, 0.25) is 0 Å². The van der Waals surface area contributed by atoms with E-state index in [1.165, 1.54) is 32.1 Å². The maximum Gasteiger partial charge on any atom is 0.113 e. The van der Waals surface area contributed by atoms with E-state index in [4.69, 9.17) is 9.37 Å². The highest BCUT2D eigenvalue weighted by atomic mass is 17.1. The van der Waals surface area contributed by atoms with E-state index in [9.17, 15) is 0 Å². The van der Waals surface area contributed by atoms with Gasteiger partial charge in [-0.25, -0.2) is 4.89 Å². The van der Waals surface area contributed by atoms with Crippen LogP contribution in [-0.4, -0.2) is 11.4 Å². The van der Waals surface area contributed by atoms with Gasteiger partial charge in [0.1, 0.15) is 6.10 Å². The Morgan fingerprint density at radius 1 is 1.57 bits per heavy atom. The summed E-state index contributed by atoms with van der Waals surface area (Å²) in [5.41, 5.74) is -0.00388. The first kappa shape index (κ1) is 7.89. The van der Waals surface area contributed by atoms with Gasteiger partial charge in [0, 0.05) is 4.11 Å². The molecule has 82 valence electrons. The molecule has 1 rings (SSSR count). The second-order valence-electron chi connectivity index (χ2n) is 4.20. The van der Waals surface area contributed by atoms with Gasteiger partial charge in [0.2, 0.25) is 0 Å². The molecule has 1 fully saturated rings. The van der Waals surface area contributed by atoms with Gasteiger partial charge in [0.05, 0.1) is 0 Å². The molecule has 2 heteroatoms. The van der Waals surface area contributed by atoms with E-state index in [2.05, 4.69) is 11.5 Å². The van der Waals surface area contributed by atoms with Gasteiger partial charge in [-0.1, -0.05) is 38.7 Å². The highest BCUT2D eigenvalue weighted by Crippen LogP contribution is 2.28. The van der Waals surface area contributed by atoms with Crippen LogP contribution in [-0.2, 0) is 4.89 Å². The molecule has 1 aliphatic carbocycles. The van der Waals surface area contributed by atoms with Gasteiger partial charge >= 0.3 is 0 Å². The average molecular weight is 201 g/mol. The third kappa shape index (κ3) is 3.81. The Labute approximate surface area is 91.1 Å². The topological polar surface area (TPSA) is 29.5 Å². The van der Waals surface area contributed by atoms with Crippen molar-refractivity contribution in [2.24, 2.45) is 5.92 Å². The molecule has 0 heterocycles. The summed E-state index contributed by atoms with van der Waals surface area (Å²) in [5.74, 6) is 0.644. The Bertz CT molecular complexity index is 245. The molecule has 2 nitrogen and oxygen atoms in total. The fourth-order valence-electron chi connectivity index (χ4n) is 2.15. The van der Waals surface area contributed by atoms with Gasteiger partial charge in [0.25, 0.3) is 0 Å². The van der Waals surface area contributed by atoms with E-state index in [0.717, 1.165) is 6.42 Å². The summed E-state index contributed by atoms with van der Waals surface area (Å²) in [4.78, 5) is 4.27. The predicted molar refractivity (Wildman–Crippen MR) is 58.1 cm³/mol. The van der Waals surface area contributed by atoms with Crippen molar-refractivity contribution < 1.29 is 14.3 Å². The summed E-state index contributed by atoms with van der Waals surface area (Å²) in [6, 6.07) is 0. The molecule has 1 unspecified atom stereocenters. The summed E-state index contributed by atoms with van der Waals surface area (Å²) >= 11 is 0. The van der Waals surface area contributed by atoms with E-state index >= 15 is 0 Å². The molecule has 1 aliphatic rings. The van der Waals surface area contributed by atoms with Gasteiger partial charge in [0.15, 0.2) is 0 Å². The number of hydrogen-bond donors (Lipinski definition) is 1. The lowest BCUT2D eigenvalue weighted by Crippen LogP contribution is -2.15. The fraction of sp³-hybridized carbons (Fsp3) is 0.833. The molecular weight excluding hydrogens is 176 g/mol. The van der Waals surface area contributed by atoms with Gasteiger partial charge in [-0.3, -0.25) is 5.26 Å². The molecular formula is C12H22O2. The van der Waals surface area contributed by atoms with Crippen LogP contribution in [0.15, 0.2) is 12.2 Å². The lowest BCUT2D eigenvalue weighted by molar-refractivity contribution is -0.270. The summed E-state index contributed by atoms with van der Waals surface area (Å²) in [7, 11) is 0. The third-order valence-electron chi connectivity index (χ3n) is 3.08. The van der Waals surface area contributed by atoms with Gasteiger partial charge in [-0.05, 0) is 31.2 Å². The molecule has 0 radical (unpaired) electrons. The number of hydrogen-bond acceptors (Lipinski definition) is 2. The highest BCUT2D eigenvalue weighted by Gasteiger charge is 2.16. The van der Waals surface area contributed by atoms with Gasteiger partial charge < -0.3 is 0 Å². The first-order valence-corrected chi connectivity index (χ1v) is 5.44. The quantitative estimate of drug-likeness (QED) is 0.416. The van der Waals surface area contributed by atoms with Crippen LogP contribution in [0.1, 0.15) is 55.9 Å². The van der Waals surface area contributed by atoms with E-state index in [-0.39, 0.29) is 5.57 Å². The maximum absolute atomic E-state index is 8.78. The van der Waals surface area contributed by atoms with Crippen LogP contribution in [0.25, 0.3) is 0 Å². The van der Waals surface area contributed by atoms with Crippen molar-refractivity contribution in [3.05, 3.63) is 12.2 Å². The lowest BCUT2D eigenvalue weighted by Gasteiger charge is -2.23. The minimum absolute atomic E-state index is 0.00388. The largest absolute Gasteiger partial charge is 0.251 e. The molecule has 0 aliphatic heterocycles. The number of rotatable bonds is 5. The van der Waals surface area contributed by atoms with Crippen molar-refractivity contribution in [3.8, 4) is 0 Å². The zero-order chi connectivity index (χ0) is 12.9. The summed E-state index contributed by atoms with van der Waals surface area (Å²) in [5, 5.41) is 8.78. The third-order valence-corrected chi connectivity index (χ3v) is 3.08. The molecule has 0 spiro atoms. The Hall–Kier alpha value is -0.340. The predicted octanol–water partition coefficient (Wildman–Crippen LogP) is 3.78. The van der Waals surface area contributed by atoms with Gasteiger partial charge in [-0.15, -0.1) is 0 Å². The molecule has 0 aromatic carbocycles. The van der Waals surface area contributed by atoms with Crippen molar-refractivity contribution >= 4 is 0 Å². The first-order chi connectivity index (χ1) is 7.95. The Kier molecular flexibility index (Phi) is 3.49. The van der Waals surface area contributed by atoms with Crippen LogP contribution in [0.3, 0.4) is 0 Å². The molecule has 0 aromatic heterocycles. The van der Waals surface area contributed by atoms with Crippen LogP contribution in [0.5, 0.6) is 0 Å². The van der Waals surface area contributed by atoms with Crippen molar-refractivity contribution in [2.45, 2.75) is 57.9 Å². The van der Waals surface area contributed by atoms with E-state index < -0.39 is 13.0 Å². The summed E-state index contributed by atoms with van der Waals surface area (Å²) in [6.07, 6.45) is 6.92. The van der Waals surface area contributed by atoms with Crippen LogP contribution in [0.4, 0.5) is 0 Å². The van der Waals surface area contributed by atoms with Crippen LogP contribution >= 0.6 is 0 Å². The lowest BCUT2D eigenvalue weighted by atomic mass is 9.85. The molecule has 1 atom stereocenters. The average Bonchev–Trinajstić information content (AvgIpc) is 2.30. The second kappa shape index (κ2) is 6.20. The minimum Gasteiger partial charge on any atom is -0.251 e. The van der Waals surface area contributed by atoms with E-state index in [0.29, 0.717) is 12.3 Å². The van der Waals surface area contributed by atoms with Crippen molar-refractivity contribution in [1.29, 1.82) is 0 Å². The summed E-state index contributed by atoms with van der Waals surface area (Å²) in [6.45, 7) is 1.26. The zero-order valence-electron chi connectivity index (χ0n) is 11.7.